The van der Waals surface area contributed by atoms with Crippen LogP contribution in [-0.2, 0) is 4.79 Å². The summed E-state index contributed by atoms with van der Waals surface area (Å²) in [4.78, 5) is 24.7. The van der Waals surface area contributed by atoms with Gasteiger partial charge in [-0.05, 0) is 36.4 Å². The average Bonchev–Trinajstić information content (AvgIpc) is 2.90. The van der Waals surface area contributed by atoms with Crippen molar-refractivity contribution >= 4 is 41.4 Å². The van der Waals surface area contributed by atoms with Gasteiger partial charge in [0, 0.05) is 23.9 Å². The minimum Gasteiger partial charge on any atom is -0.493 e. The fourth-order valence-electron chi connectivity index (χ4n) is 3.22. The monoisotopic (exact) mass is 499 g/mol. The Bertz CT molecular complexity index is 1300. The number of benzene rings is 3. The zero-order chi connectivity index (χ0) is 26.0. The van der Waals surface area contributed by atoms with Gasteiger partial charge in [-0.1, -0.05) is 36.4 Å². The van der Waals surface area contributed by atoms with Crippen LogP contribution < -0.4 is 30.3 Å². The molecule has 0 atom stereocenters. The SMILES string of the molecule is COc1cc(/C=N\Nc2nc(Nc3ccccc3)nc(Nc3ccccc3)n2)cc(OC)c1OC(C)=O. The highest BCUT2D eigenvalue weighted by Gasteiger charge is 2.15. The van der Waals surface area contributed by atoms with Crippen LogP contribution in [0.1, 0.15) is 12.5 Å². The molecule has 1 heterocycles. The van der Waals surface area contributed by atoms with Crippen LogP contribution in [0.4, 0.5) is 29.2 Å². The summed E-state index contributed by atoms with van der Waals surface area (Å²) in [5.41, 5.74) is 5.09. The number of carbonyl (C=O) groups is 1. The molecule has 37 heavy (non-hydrogen) atoms. The Balaban J connectivity index is 1.59. The summed E-state index contributed by atoms with van der Waals surface area (Å²) in [6.45, 7) is 1.30. The molecule has 0 saturated carbocycles. The molecule has 3 aromatic carbocycles. The van der Waals surface area contributed by atoms with Crippen molar-refractivity contribution < 1.29 is 19.0 Å². The predicted molar refractivity (Wildman–Crippen MR) is 141 cm³/mol. The summed E-state index contributed by atoms with van der Waals surface area (Å²) in [7, 11) is 2.93. The van der Waals surface area contributed by atoms with Gasteiger partial charge in [-0.15, -0.1) is 0 Å². The van der Waals surface area contributed by atoms with Crippen molar-refractivity contribution in [1.82, 2.24) is 15.0 Å². The molecule has 4 aromatic rings. The van der Waals surface area contributed by atoms with E-state index < -0.39 is 5.97 Å². The predicted octanol–water partition coefficient (Wildman–Crippen LogP) is 4.75. The van der Waals surface area contributed by atoms with E-state index in [-0.39, 0.29) is 11.7 Å². The maximum absolute atomic E-state index is 11.5. The number of anilines is 5. The summed E-state index contributed by atoms with van der Waals surface area (Å²) in [6.07, 6.45) is 1.53. The first kappa shape index (κ1) is 24.9. The van der Waals surface area contributed by atoms with Crippen molar-refractivity contribution in [2.75, 3.05) is 30.3 Å². The maximum Gasteiger partial charge on any atom is 0.308 e. The number of methoxy groups -OCH3 is 2. The molecule has 0 radical (unpaired) electrons. The number of nitrogens with one attached hydrogen (secondary N) is 3. The second kappa shape index (κ2) is 12.0. The summed E-state index contributed by atoms with van der Waals surface area (Å²) in [6, 6.07) is 22.4. The number of ether oxygens (including phenoxy) is 3. The summed E-state index contributed by atoms with van der Waals surface area (Å²) in [5, 5.41) is 10.6. The Morgan fingerprint density at radius 2 is 1.27 bits per heavy atom. The van der Waals surface area contributed by atoms with E-state index in [1.54, 1.807) is 12.1 Å². The molecule has 3 N–H and O–H groups in total. The van der Waals surface area contributed by atoms with Crippen molar-refractivity contribution in [3.63, 3.8) is 0 Å². The first-order chi connectivity index (χ1) is 18.0. The Hall–Kier alpha value is -5.19. The molecule has 0 aliphatic rings. The van der Waals surface area contributed by atoms with Gasteiger partial charge in [0.1, 0.15) is 0 Å². The van der Waals surface area contributed by atoms with Crippen LogP contribution in [0.5, 0.6) is 17.2 Å². The molecule has 0 amide bonds. The summed E-state index contributed by atoms with van der Waals surface area (Å²) >= 11 is 0. The molecule has 188 valence electrons. The number of para-hydroxylation sites is 2. The van der Waals surface area contributed by atoms with Crippen LogP contribution in [0.3, 0.4) is 0 Å². The second-order valence-electron chi connectivity index (χ2n) is 7.51. The van der Waals surface area contributed by atoms with Gasteiger partial charge in [0.2, 0.25) is 23.6 Å². The van der Waals surface area contributed by atoms with Crippen LogP contribution in [-0.4, -0.2) is 41.4 Å². The van der Waals surface area contributed by atoms with Crippen LogP contribution in [0.15, 0.2) is 77.9 Å². The fraction of sp³-hybridized carbons (Fsp3) is 0.115. The number of carbonyl (C=O) groups excluding carboxylic acids is 1. The third-order valence-corrected chi connectivity index (χ3v) is 4.80. The van der Waals surface area contributed by atoms with E-state index >= 15 is 0 Å². The molecule has 0 spiro atoms. The Morgan fingerprint density at radius 3 is 1.73 bits per heavy atom. The molecule has 0 saturated heterocycles. The summed E-state index contributed by atoms with van der Waals surface area (Å²) in [5.74, 6) is 1.19. The number of hydrogen-bond donors (Lipinski definition) is 3. The molecule has 11 nitrogen and oxygen atoms in total. The Kier molecular flexibility index (Phi) is 8.07. The molecule has 0 aliphatic heterocycles. The second-order valence-corrected chi connectivity index (χ2v) is 7.51. The average molecular weight is 500 g/mol. The highest BCUT2D eigenvalue weighted by molar-refractivity contribution is 5.83. The maximum atomic E-state index is 11.5. The lowest BCUT2D eigenvalue weighted by Gasteiger charge is -2.13. The van der Waals surface area contributed by atoms with Crippen molar-refractivity contribution in [1.29, 1.82) is 0 Å². The van der Waals surface area contributed by atoms with E-state index in [4.69, 9.17) is 14.2 Å². The Morgan fingerprint density at radius 1 is 0.784 bits per heavy atom. The topological polar surface area (TPSA) is 132 Å². The molecule has 0 bridgehead atoms. The first-order valence-corrected chi connectivity index (χ1v) is 11.2. The number of nitrogens with zero attached hydrogens (tertiary/aromatic N) is 4. The van der Waals surface area contributed by atoms with Crippen LogP contribution >= 0.6 is 0 Å². The molecule has 0 unspecified atom stereocenters. The van der Waals surface area contributed by atoms with E-state index in [0.29, 0.717) is 29.0 Å². The molecule has 11 heteroatoms. The lowest BCUT2D eigenvalue weighted by molar-refractivity contribution is -0.132. The van der Waals surface area contributed by atoms with E-state index in [1.165, 1.54) is 27.4 Å². The molecule has 1 aromatic heterocycles. The highest BCUT2D eigenvalue weighted by atomic mass is 16.6. The zero-order valence-corrected chi connectivity index (χ0v) is 20.4. The van der Waals surface area contributed by atoms with E-state index in [2.05, 4.69) is 36.1 Å². The molecular weight excluding hydrogens is 474 g/mol. The van der Waals surface area contributed by atoms with Crippen molar-refractivity contribution in [2.24, 2.45) is 5.10 Å². The third kappa shape index (κ3) is 6.92. The third-order valence-electron chi connectivity index (χ3n) is 4.80. The van der Waals surface area contributed by atoms with E-state index in [1.807, 2.05) is 60.7 Å². The number of aromatic nitrogens is 3. The number of hydrazone groups is 1. The van der Waals surface area contributed by atoms with Gasteiger partial charge < -0.3 is 24.8 Å². The van der Waals surface area contributed by atoms with Gasteiger partial charge in [0.05, 0.1) is 20.4 Å². The number of rotatable bonds is 10. The lowest BCUT2D eigenvalue weighted by atomic mass is 10.2. The van der Waals surface area contributed by atoms with Crippen molar-refractivity contribution in [3.8, 4) is 17.2 Å². The minimum atomic E-state index is -0.491. The molecule has 0 aliphatic carbocycles. The van der Waals surface area contributed by atoms with Gasteiger partial charge in [0.25, 0.3) is 0 Å². The van der Waals surface area contributed by atoms with Gasteiger partial charge in [0.15, 0.2) is 11.5 Å². The summed E-state index contributed by atoms with van der Waals surface area (Å²) < 4.78 is 15.9. The van der Waals surface area contributed by atoms with E-state index in [9.17, 15) is 4.79 Å². The minimum absolute atomic E-state index is 0.188. The highest BCUT2D eigenvalue weighted by Crippen LogP contribution is 2.38. The van der Waals surface area contributed by atoms with Crippen molar-refractivity contribution in [3.05, 3.63) is 78.4 Å². The zero-order valence-electron chi connectivity index (χ0n) is 20.4. The van der Waals surface area contributed by atoms with Gasteiger partial charge in [-0.2, -0.15) is 20.1 Å². The molecule has 4 rings (SSSR count). The number of esters is 1. The van der Waals surface area contributed by atoms with Gasteiger partial charge >= 0.3 is 5.97 Å². The van der Waals surface area contributed by atoms with Crippen LogP contribution in [0, 0.1) is 0 Å². The van der Waals surface area contributed by atoms with Gasteiger partial charge in [-0.3, -0.25) is 4.79 Å². The fourth-order valence-corrected chi connectivity index (χ4v) is 3.22. The van der Waals surface area contributed by atoms with Crippen molar-refractivity contribution in [2.45, 2.75) is 6.92 Å². The van der Waals surface area contributed by atoms with Gasteiger partial charge in [-0.25, -0.2) is 5.43 Å². The Labute approximate surface area is 213 Å². The quantitative estimate of drug-likeness (QED) is 0.122. The normalized spacial score (nSPS) is 10.6. The van der Waals surface area contributed by atoms with Crippen LogP contribution in [0.25, 0.3) is 0 Å². The standard InChI is InChI=1S/C26H25N7O4/c1-17(34)37-23-21(35-2)14-18(15-22(23)36-3)16-27-33-26-31-24(28-19-10-6-4-7-11-19)30-25(32-26)29-20-12-8-5-9-13-20/h4-16H,1-3H3,(H3,28,29,30,31,32,33)/b27-16-. The lowest BCUT2D eigenvalue weighted by Crippen LogP contribution is -2.07. The molecular formula is C26H25N7O4. The first-order valence-electron chi connectivity index (χ1n) is 11.2. The molecule has 0 fully saturated rings. The van der Waals surface area contributed by atoms with E-state index in [0.717, 1.165) is 11.4 Å². The smallest absolute Gasteiger partial charge is 0.308 e. The van der Waals surface area contributed by atoms with Crippen LogP contribution in [0.2, 0.25) is 0 Å². The number of hydrogen-bond acceptors (Lipinski definition) is 11. The largest absolute Gasteiger partial charge is 0.493 e.